The van der Waals surface area contributed by atoms with Crippen molar-refractivity contribution in [3.8, 4) is 0 Å². The highest BCUT2D eigenvalue weighted by atomic mass is 16.4. The highest BCUT2D eigenvalue weighted by molar-refractivity contribution is 5.85. The minimum atomic E-state index is -0.837. The predicted octanol–water partition coefficient (Wildman–Crippen LogP) is 2.83. The van der Waals surface area contributed by atoms with E-state index < -0.39 is 11.9 Å². The maximum absolute atomic E-state index is 12.8. The second kappa shape index (κ2) is 6.91. The van der Waals surface area contributed by atoms with E-state index in [0.717, 1.165) is 25.8 Å². The first-order chi connectivity index (χ1) is 9.65. The number of likely N-dealkylation sites (tertiary alicyclic amines) is 1. The zero-order chi connectivity index (χ0) is 14.5. The second-order valence-electron chi connectivity index (χ2n) is 5.94. The Hall–Kier alpha value is -1.32. The fourth-order valence-corrected chi connectivity index (χ4v) is 3.46. The number of amides is 1. The van der Waals surface area contributed by atoms with Crippen molar-refractivity contribution >= 4 is 11.9 Å². The third kappa shape index (κ3) is 3.22. The minimum absolute atomic E-state index is 0.0653. The van der Waals surface area contributed by atoms with Gasteiger partial charge in [-0.25, -0.2) is 0 Å². The normalized spacial score (nSPS) is 30.9. The fraction of sp³-hybridized carbons (Fsp3) is 0.750. The van der Waals surface area contributed by atoms with Crippen LogP contribution >= 0.6 is 0 Å². The summed E-state index contributed by atoms with van der Waals surface area (Å²) in [5.74, 6) is -1.69. The van der Waals surface area contributed by atoms with Crippen LogP contribution in [-0.2, 0) is 9.59 Å². The molecule has 0 spiro atoms. The predicted molar refractivity (Wildman–Crippen MR) is 77.2 cm³/mol. The van der Waals surface area contributed by atoms with Gasteiger partial charge in [-0.2, -0.15) is 0 Å². The van der Waals surface area contributed by atoms with Crippen molar-refractivity contribution in [2.75, 3.05) is 6.54 Å². The van der Waals surface area contributed by atoms with E-state index in [1.54, 1.807) is 0 Å². The summed E-state index contributed by atoms with van der Waals surface area (Å²) in [7, 11) is 0. The molecule has 0 radical (unpaired) electrons. The molecule has 1 fully saturated rings. The van der Waals surface area contributed by atoms with Gasteiger partial charge in [-0.3, -0.25) is 9.59 Å². The topological polar surface area (TPSA) is 57.6 Å². The van der Waals surface area contributed by atoms with Gasteiger partial charge in [-0.15, -0.1) is 0 Å². The molecule has 0 aromatic heterocycles. The fourth-order valence-electron chi connectivity index (χ4n) is 3.46. The zero-order valence-corrected chi connectivity index (χ0v) is 12.3. The molecule has 1 unspecified atom stereocenters. The Labute approximate surface area is 120 Å². The average molecular weight is 279 g/mol. The number of aliphatic carboxylic acids is 1. The van der Waals surface area contributed by atoms with Gasteiger partial charge in [0.1, 0.15) is 0 Å². The van der Waals surface area contributed by atoms with E-state index in [0.29, 0.717) is 18.9 Å². The van der Waals surface area contributed by atoms with Gasteiger partial charge >= 0.3 is 5.97 Å². The standard InChI is InChI=1S/C16H25NO3/c1-2-12-8-4-3-7-11-17(12)15(18)13-9-5-6-10-14(13)16(19)20/h5-6,12-14H,2-4,7-11H2,1H3,(H,19,20)/t12?,13-,14+/m1/s1. The first-order valence-corrected chi connectivity index (χ1v) is 7.83. The first-order valence-electron chi connectivity index (χ1n) is 7.83. The SMILES string of the molecule is CCC1CCCCCN1C(=O)[C@@H]1CC=CC[C@@H]1C(=O)O. The Balaban J connectivity index is 2.14. The lowest BCUT2D eigenvalue weighted by Gasteiger charge is -2.35. The molecule has 20 heavy (non-hydrogen) atoms. The van der Waals surface area contributed by atoms with Crippen LogP contribution in [0.1, 0.15) is 51.9 Å². The summed E-state index contributed by atoms with van der Waals surface area (Å²) in [5.41, 5.74) is 0. The Morgan fingerprint density at radius 1 is 1.15 bits per heavy atom. The maximum Gasteiger partial charge on any atom is 0.307 e. The van der Waals surface area contributed by atoms with Gasteiger partial charge in [0.25, 0.3) is 0 Å². The van der Waals surface area contributed by atoms with Crippen molar-refractivity contribution in [2.24, 2.45) is 11.8 Å². The van der Waals surface area contributed by atoms with E-state index in [1.807, 2.05) is 17.1 Å². The van der Waals surface area contributed by atoms with Crippen molar-refractivity contribution in [1.29, 1.82) is 0 Å². The Bertz CT molecular complexity index is 391. The molecule has 1 heterocycles. The number of carbonyl (C=O) groups excluding carboxylic acids is 1. The third-order valence-electron chi connectivity index (χ3n) is 4.70. The Morgan fingerprint density at radius 3 is 2.50 bits per heavy atom. The number of hydrogen-bond donors (Lipinski definition) is 1. The number of rotatable bonds is 3. The van der Waals surface area contributed by atoms with Crippen LogP contribution in [0.4, 0.5) is 0 Å². The van der Waals surface area contributed by atoms with Crippen molar-refractivity contribution in [3.63, 3.8) is 0 Å². The number of carbonyl (C=O) groups is 2. The van der Waals surface area contributed by atoms with Crippen molar-refractivity contribution in [3.05, 3.63) is 12.2 Å². The van der Waals surface area contributed by atoms with Crippen LogP contribution in [0.25, 0.3) is 0 Å². The highest BCUT2D eigenvalue weighted by Gasteiger charge is 2.38. The lowest BCUT2D eigenvalue weighted by atomic mass is 9.81. The molecule has 1 N–H and O–H groups in total. The van der Waals surface area contributed by atoms with Crippen LogP contribution in [0.15, 0.2) is 12.2 Å². The number of nitrogens with zero attached hydrogens (tertiary/aromatic N) is 1. The molecule has 4 nitrogen and oxygen atoms in total. The monoisotopic (exact) mass is 279 g/mol. The number of carboxylic acids is 1. The molecule has 2 aliphatic rings. The van der Waals surface area contributed by atoms with Gasteiger partial charge < -0.3 is 10.0 Å². The summed E-state index contributed by atoms with van der Waals surface area (Å²) in [4.78, 5) is 26.2. The molecule has 0 saturated carbocycles. The van der Waals surface area contributed by atoms with Gasteiger partial charge in [-0.1, -0.05) is 31.9 Å². The van der Waals surface area contributed by atoms with Crippen LogP contribution in [0.5, 0.6) is 0 Å². The molecular weight excluding hydrogens is 254 g/mol. The smallest absolute Gasteiger partial charge is 0.307 e. The van der Waals surface area contributed by atoms with E-state index >= 15 is 0 Å². The number of hydrogen-bond acceptors (Lipinski definition) is 2. The molecule has 112 valence electrons. The van der Waals surface area contributed by atoms with Gasteiger partial charge in [0.2, 0.25) is 5.91 Å². The molecule has 4 heteroatoms. The lowest BCUT2D eigenvalue weighted by molar-refractivity contribution is -0.151. The largest absolute Gasteiger partial charge is 0.481 e. The highest BCUT2D eigenvalue weighted by Crippen LogP contribution is 2.30. The van der Waals surface area contributed by atoms with Crippen LogP contribution in [0, 0.1) is 11.8 Å². The van der Waals surface area contributed by atoms with Crippen molar-refractivity contribution < 1.29 is 14.7 Å². The molecule has 0 bridgehead atoms. The summed E-state index contributed by atoms with van der Waals surface area (Å²) < 4.78 is 0. The molecule has 0 aromatic carbocycles. The molecule has 0 aromatic rings. The third-order valence-corrected chi connectivity index (χ3v) is 4.70. The van der Waals surface area contributed by atoms with Crippen molar-refractivity contribution in [2.45, 2.75) is 57.9 Å². The number of allylic oxidation sites excluding steroid dienone is 2. The molecule has 1 aliphatic heterocycles. The van der Waals surface area contributed by atoms with E-state index in [-0.39, 0.29) is 11.8 Å². The Morgan fingerprint density at radius 2 is 1.85 bits per heavy atom. The van der Waals surface area contributed by atoms with E-state index in [2.05, 4.69) is 6.92 Å². The molecule has 1 saturated heterocycles. The molecule has 2 rings (SSSR count). The first kappa shape index (κ1) is 15.1. The zero-order valence-electron chi connectivity index (χ0n) is 12.3. The van der Waals surface area contributed by atoms with Crippen LogP contribution < -0.4 is 0 Å². The van der Waals surface area contributed by atoms with Crippen LogP contribution in [-0.4, -0.2) is 34.5 Å². The maximum atomic E-state index is 12.8. The van der Waals surface area contributed by atoms with E-state index in [4.69, 9.17) is 0 Å². The molecule has 1 amide bonds. The summed E-state index contributed by atoms with van der Waals surface area (Å²) in [5, 5.41) is 9.33. The molecule has 1 aliphatic carbocycles. The van der Waals surface area contributed by atoms with Crippen molar-refractivity contribution in [1.82, 2.24) is 4.90 Å². The van der Waals surface area contributed by atoms with Gasteiger partial charge in [-0.05, 0) is 32.1 Å². The molecule has 3 atom stereocenters. The molecular formula is C16H25NO3. The average Bonchev–Trinajstić information content (AvgIpc) is 2.71. The van der Waals surface area contributed by atoms with E-state index in [1.165, 1.54) is 12.8 Å². The minimum Gasteiger partial charge on any atom is -0.481 e. The Kier molecular flexibility index (Phi) is 5.21. The van der Waals surface area contributed by atoms with Crippen LogP contribution in [0.2, 0.25) is 0 Å². The summed E-state index contributed by atoms with van der Waals surface area (Å²) in [6.45, 7) is 2.91. The second-order valence-corrected chi connectivity index (χ2v) is 5.94. The quantitative estimate of drug-likeness (QED) is 0.808. The summed E-state index contributed by atoms with van der Waals surface area (Å²) in [6, 6.07) is 0.297. The van der Waals surface area contributed by atoms with Gasteiger partial charge in [0, 0.05) is 12.6 Å². The lowest BCUT2D eigenvalue weighted by Crippen LogP contribution is -2.46. The summed E-state index contributed by atoms with van der Waals surface area (Å²) in [6.07, 6.45) is 10.3. The van der Waals surface area contributed by atoms with Crippen LogP contribution in [0.3, 0.4) is 0 Å². The van der Waals surface area contributed by atoms with E-state index in [9.17, 15) is 14.7 Å². The van der Waals surface area contributed by atoms with Gasteiger partial charge in [0.15, 0.2) is 0 Å². The summed E-state index contributed by atoms with van der Waals surface area (Å²) >= 11 is 0. The van der Waals surface area contributed by atoms with Gasteiger partial charge in [0.05, 0.1) is 11.8 Å². The number of carboxylic acid groups (broad SMARTS) is 1.